The number of carbonyl (C=O) groups is 3. The molecule has 17 heteroatoms. The molecule has 2 aliphatic carbocycles. The summed E-state index contributed by atoms with van der Waals surface area (Å²) >= 11 is 0. The van der Waals surface area contributed by atoms with Gasteiger partial charge in [-0.1, -0.05) is 36.4 Å². The van der Waals surface area contributed by atoms with Crippen molar-refractivity contribution in [3.05, 3.63) is 128 Å². The highest BCUT2D eigenvalue weighted by molar-refractivity contribution is 7.91. The molecular weight excluding hydrogens is 713 g/mol. The molecule has 0 bridgehead atoms. The van der Waals surface area contributed by atoms with Gasteiger partial charge in [-0.15, -0.1) is 0 Å². The van der Waals surface area contributed by atoms with Crippen LogP contribution in [0.2, 0.25) is 0 Å². The highest BCUT2D eigenvalue weighted by atomic mass is 32.2. The van der Waals surface area contributed by atoms with Crippen LogP contribution in [0.5, 0.6) is 0 Å². The van der Waals surface area contributed by atoms with Gasteiger partial charge in [0.15, 0.2) is 11.4 Å². The van der Waals surface area contributed by atoms with Crippen LogP contribution in [0, 0.1) is 13.8 Å². The number of para-hydroxylation sites is 2. The summed E-state index contributed by atoms with van der Waals surface area (Å²) in [6, 6.07) is 21.3. The molecule has 6 N–H and O–H groups in total. The molecule has 4 aromatic rings. The lowest BCUT2D eigenvalue weighted by Gasteiger charge is -2.18. The molecule has 0 aromatic heterocycles. The summed E-state index contributed by atoms with van der Waals surface area (Å²) in [6.07, 6.45) is 2.11. The Kier molecular flexibility index (Phi) is 9.44. The number of nitrogens with zero attached hydrogens (tertiary/aromatic N) is 2. The Bertz CT molecular complexity index is 2380. The van der Waals surface area contributed by atoms with Crippen LogP contribution in [-0.4, -0.2) is 55.0 Å². The van der Waals surface area contributed by atoms with Gasteiger partial charge in [0.1, 0.15) is 9.81 Å². The fourth-order valence-electron chi connectivity index (χ4n) is 5.36. The van der Waals surface area contributed by atoms with Crippen LogP contribution in [0.3, 0.4) is 0 Å². The summed E-state index contributed by atoms with van der Waals surface area (Å²) in [6.45, 7) is 3.57. The lowest BCUT2D eigenvalue weighted by Crippen LogP contribution is -2.27. The molecule has 0 heterocycles. The Morgan fingerprint density at radius 1 is 0.596 bits per heavy atom. The van der Waals surface area contributed by atoms with Crippen LogP contribution in [0.15, 0.2) is 105 Å². The molecule has 0 aliphatic heterocycles. The number of ketones is 2. The van der Waals surface area contributed by atoms with Crippen LogP contribution in [-0.2, 0) is 20.2 Å². The highest BCUT2D eigenvalue weighted by Crippen LogP contribution is 2.30. The van der Waals surface area contributed by atoms with Gasteiger partial charge in [0, 0.05) is 22.5 Å². The van der Waals surface area contributed by atoms with Crippen LogP contribution < -0.4 is 21.5 Å². The van der Waals surface area contributed by atoms with E-state index in [1.807, 2.05) is 0 Å². The second-order valence-electron chi connectivity index (χ2n) is 11.6. The number of benzene rings is 4. The van der Waals surface area contributed by atoms with Gasteiger partial charge >= 0.3 is 6.03 Å². The Balaban J connectivity index is 1.23. The number of aryl methyl sites for hydroxylation is 2. The van der Waals surface area contributed by atoms with Crippen molar-refractivity contribution in [2.45, 2.75) is 13.8 Å². The molecule has 0 atom stereocenters. The Hall–Kier alpha value is -6.27. The maximum absolute atomic E-state index is 13.3. The summed E-state index contributed by atoms with van der Waals surface area (Å²) in [7, 11) is -9.82. The molecule has 0 spiro atoms. The van der Waals surface area contributed by atoms with Gasteiger partial charge in [0.05, 0.1) is 11.4 Å². The minimum absolute atomic E-state index is 0.0569. The topological polar surface area (TPSA) is 233 Å². The number of rotatable bonds is 8. The van der Waals surface area contributed by atoms with Gasteiger partial charge in [-0.05, 0) is 96.8 Å². The third-order valence-electron chi connectivity index (χ3n) is 8.00. The maximum Gasteiger partial charge on any atom is 0.323 e. The van der Waals surface area contributed by atoms with Crippen molar-refractivity contribution < 1.29 is 40.3 Å². The number of nitrogens with one attached hydrogen (secondary N) is 4. The largest absolute Gasteiger partial charge is 0.323 e. The molecule has 0 unspecified atom stereocenters. The third kappa shape index (κ3) is 7.42. The van der Waals surface area contributed by atoms with Gasteiger partial charge in [-0.3, -0.25) is 29.5 Å². The Morgan fingerprint density at radius 3 is 1.35 bits per heavy atom. The fraction of sp³-hybridized carbons (Fsp3) is 0.0571. The number of hydrazone groups is 2. The predicted molar refractivity (Wildman–Crippen MR) is 198 cm³/mol. The molecule has 6 rings (SSSR count). The van der Waals surface area contributed by atoms with Crippen LogP contribution in [0.4, 0.5) is 27.5 Å². The van der Waals surface area contributed by atoms with Crippen LogP contribution in [0.25, 0.3) is 12.2 Å². The van der Waals surface area contributed by atoms with E-state index in [1.54, 1.807) is 62.4 Å². The highest BCUT2D eigenvalue weighted by Gasteiger charge is 2.34. The predicted octanol–water partition coefficient (Wildman–Crippen LogP) is 5.73. The number of hydrogen-bond donors (Lipinski definition) is 6. The second kappa shape index (κ2) is 13.8. The number of carbonyl (C=O) groups excluding carboxylic acids is 3. The molecule has 2 aliphatic rings. The summed E-state index contributed by atoms with van der Waals surface area (Å²) in [5.74, 6) is -1.58. The zero-order chi connectivity index (χ0) is 37.4. The first kappa shape index (κ1) is 35.6. The second-order valence-corrected chi connectivity index (χ2v) is 14.4. The number of anilines is 4. The zero-order valence-corrected chi connectivity index (χ0v) is 28.8. The van der Waals surface area contributed by atoms with Gasteiger partial charge in [0.25, 0.3) is 20.2 Å². The van der Waals surface area contributed by atoms with Gasteiger partial charge in [-0.2, -0.15) is 27.0 Å². The maximum atomic E-state index is 13.3. The van der Waals surface area contributed by atoms with Gasteiger partial charge < -0.3 is 10.6 Å². The fourth-order valence-corrected chi connectivity index (χ4v) is 6.68. The van der Waals surface area contributed by atoms with Crippen molar-refractivity contribution in [2.24, 2.45) is 10.2 Å². The molecule has 4 aromatic carbocycles. The molecule has 0 fully saturated rings. The average molecular weight is 741 g/mol. The lowest BCUT2D eigenvalue weighted by atomic mass is 9.94. The SMILES string of the molecule is Cc1ccccc1N/N=C1/C(=O)c2ccc(NC(=O)Nc3ccc4c(c3)C=C(S(=O)(=O)O)/C(=N\Nc3ccccc3C)C4=O)cc2C=C1S(=O)(=O)O. The normalized spacial score (nSPS) is 15.7. The van der Waals surface area contributed by atoms with Gasteiger partial charge in [-0.25, -0.2) is 4.79 Å². The van der Waals surface area contributed by atoms with Crippen molar-refractivity contribution in [2.75, 3.05) is 21.5 Å². The summed E-state index contributed by atoms with van der Waals surface area (Å²) in [5, 5.41) is 13.1. The molecule has 2 amide bonds. The summed E-state index contributed by atoms with van der Waals surface area (Å²) in [5.41, 5.74) is 7.38. The van der Waals surface area contributed by atoms with E-state index in [2.05, 4.69) is 31.7 Å². The summed E-state index contributed by atoms with van der Waals surface area (Å²) < 4.78 is 69.0. The van der Waals surface area contributed by atoms with E-state index in [0.717, 1.165) is 23.3 Å². The number of fused-ring (bicyclic) bond motifs is 2. The molecule has 264 valence electrons. The number of allylic oxidation sites excluding steroid dienone is 2. The van der Waals surface area contributed by atoms with Crippen molar-refractivity contribution in [1.82, 2.24) is 0 Å². The van der Waals surface area contributed by atoms with E-state index in [1.165, 1.54) is 36.4 Å². The Labute approximate surface area is 297 Å². The Morgan fingerprint density at radius 2 is 0.981 bits per heavy atom. The zero-order valence-electron chi connectivity index (χ0n) is 27.2. The molecule has 52 heavy (non-hydrogen) atoms. The minimum atomic E-state index is -4.91. The monoisotopic (exact) mass is 740 g/mol. The van der Waals surface area contributed by atoms with E-state index in [0.29, 0.717) is 11.4 Å². The standard InChI is InChI=1S/C35H28N6O9S2/c1-19-7-3-5-9-27(19)38-40-31-29(51(45,46)47)17-21-15-23(11-13-25(21)33(31)42)36-35(44)37-24-12-14-26-22(16-24)18-30(52(48,49)50)32(34(26)43)41-39-28-10-6-4-8-20(28)2/h3-18,38-39H,1-2H3,(H2,36,37,44)(H,45,46,47)(H,48,49,50)/b40-31+,41-32+. The van der Waals surface area contributed by atoms with Crippen molar-refractivity contribution in [1.29, 1.82) is 0 Å². The van der Waals surface area contributed by atoms with Crippen molar-refractivity contribution in [3.8, 4) is 0 Å². The number of urea groups is 1. The van der Waals surface area contributed by atoms with Crippen molar-refractivity contribution >= 4 is 84.2 Å². The molecule has 0 saturated carbocycles. The number of Topliss-reactive ketones (excluding diaryl/α,β-unsaturated/α-hetero) is 2. The minimum Gasteiger partial charge on any atom is -0.308 e. The number of amides is 2. The lowest BCUT2D eigenvalue weighted by molar-refractivity contribution is 0.105. The molecule has 15 nitrogen and oxygen atoms in total. The van der Waals surface area contributed by atoms with Crippen molar-refractivity contribution in [3.63, 3.8) is 0 Å². The quantitative estimate of drug-likeness (QED) is 0.0942. The first-order valence-corrected chi connectivity index (χ1v) is 18.1. The first-order chi connectivity index (χ1) is 24.6. The number of hydrogen-bond acceptors (Lipinski definition) is 11. The van der Waals surface area contributed by atoms with E-state index in [-0.39, 0.29) is 33.6 Å². The third-order valence-corrected chi connectivity index (χ3v) is 9.73. The molecular formula is C35H28N6O9S2. The van der Waals surface area contributed by atoms with E-state index in [4.69, 9.17) is 0 Å². The van der Waals surface area contributed by atoms with E-state index >= 15 is 0 Å². The van der Waals surface area contributed by atoms with Gasteiger partial charge in [0.2, 0.25) is 11.6 Å². The smallest absolute Gasteiger partial charge is 0.308 e. The van der Waals surface area contributed by atoms with E-state index in [9.17, 15) is 40.3 Å². The molecule has 0 saturated heterocycles. The molecule has 0 radical (unpaired) electrons. The van der Waals surface area contributed by atoms with Crippen LogP contribution in [0.1, 0.15) is 43.0 Å². The first-order valence-electron chi connectivity index (χ1n) is 15.2. The van der Waals surface area contributed by atoms with Crippen LogP contribution >= 0.6 is 0 Å². The summed E-state index contributed by atoms with van der Waals surface area (Å²) in [4.78, 5) is 38.2. The van der Waals surface area contributed by atoms with E-state index < -0.39 is 59.1 Å². The average Bonchev–Trinajstić information content (AvgIpc) is 3.07.